The SMILES string of the molecule is N#C/C(=C\c1cn(Cc2ccc(Cl)c(Cl)c2)c2ccccc12)C(=O)NCc1ccc2c(c1)OCO2. The maximum atomic E-state index is 12.8. The molecule has 0 fully saturated rings. The van der Waals surface area contributed by atoms with Crippen molar-refractivity contribution < 1.29 is 14.3 Å². The molecule has 0 aliphatic carbocycles. The van der Waals surface area contributed by atoms with Gasteiger partial charge in [-0.15, -0.1) is 0 Å². The van der Waals surface area contributed by atoms with Gasteiger partial charge >= 0.3 is 0 Å². The van der Waals surface area contributed by atoms with Crippen LogP contribution in [0.1, 0.15) is 16.7 Å². The maximum Gasteiger partial charge on any atom is 0.262 e. The van der Waals surface area contributed by atoms with Crippen LogP contribution in [0, 0.1) is 11.3 Å². The van der Waals surface area contributed by atoms with E-state index < -0.39 is 5.91 Å². The van der Waals surface area contributed by atoms with Crippen LogP contribution in [-0.4, -0.2) is 17.3 Å². The first-order chi connectivity index (χ1) is 17.0. The fraction of sp³-hybridized carbons (Fsp3) is 0.111. The Bertz CT molecular complexity index is 1520. The number of halogens is 2. The number of nitriles is 1. The van der Waals surface area contributed by atoms with Gasteiger partial charge in [0.15, 0.2) is 11.5 Å². The van der Waals surface area contributed by atoms with Gasteiger partial charge in [0.05, 0.1) is 10.0 Å². The zero-order valence-electron chi connectivity index (χ0n) is 18.4. The second-order valence-corrected chi connectivity index (χ2v) is 8.83. The van der Waals surface area contributed by atoms with Crippen molar-refractivity contribution in [2.24, 2.45) is 0 Å². The molecule has 3 aromatic carbocycles. The van der Waals surface area contributed by atoms with Gasteiger partial charge in [0.2, 0.25) is 6.79 Å². The third-order valence-corrected chi connectivity index (χ3v) is 6.45. The quantitative estimate of drug-likeness (QED) is 0.260. The first-order valence-corrected chi connectivity index (χ1v) is 11.6. The van der Waals surface area contributed by atoms with Gasteiger partial charge < -0.3 is 19.4 Å². The zero-order chi connectivity index (χ0) is 24.4. The molecule has 0 spiro atoms. The smallest absolute Gasteiger partial charge is 0.262 e. The van der Waals surface area contributed by atoms with E-state index in [9.17, 15) is 10.1 Å². The summed E-state index contributed by atoms with van der Waals surface area (Å²) < 4.78 is 12.7. The molecule has 0 unspecified atom stereocenters. The van der Waals surface area contributed by atoms with Crippen molar-refractivity contribution in [2.75, 3.05) is 6.79 Å². The van der Waals surface area contributed by atoms with E-state index in [1.807, 2.05) is 60.8 Å². The Hall–Kier alpha value is -3.92. The summed E-state index contributed by atoms with van der Waals surface area (Å²) in [5, 5.41) is 14.4. The summed E-state index contributed by atoms with van der Waals surface area (Å²) in [5.74, 6) is 0.865. The number of carbonyl (C=O) groups excluding carboxylic acids is 1. The number of nitrogens with one attached hydrogen (secondary N) is 1. The molecule has 0 saturated carbocycles. The molecule has 4 aromatic rings. The highest BCUT2D eigenvalue weighted by Crippen LogP contribution is 2.32. The van der Waals surface area contributed by atoms with E-state index in [1.165, 1.54) is 0 Å². The normalized spacial score (nSPS) is 12.5. The molecule has 1 amide bonds. The minimum absolute atomic E-state index is 0.0168. The maximum absolute atomic E-state index is 12.8. The van der Waals surface area contributed by atoms with Crippen LogP contribution < -0.4 is 14.8 Å². The Morgan fingerprint density at radius 2 is 1.83 bits per heavy atom. The van der Waals surface area contributed by atoms with Crippen molar-refractivity contribution in [3.8, 4) is 17.6 Å². The molecule has 1 N–H and O–H groups in total. The van der Waals surface area contributed by atoms with E-state index in [0.29, 0.717) is 28.1 Å². The van der Waals surface area contributed by atoms with Crippen molar-refractivity contribution >= 4 is 46.1 Å². The number of amides is 1. The fourth-order valence-corrected chi connectivity index (χ4v) is 4.31. The molecule has 8 heteroatoms. The van der Waals surface area contributed by atoms with Crippen LogP contribution in [0.2, 0.25) is 10.0 Å². The van der Waals surface area contributed by atoms with Gasteiger partial charge in [-0.25, -0.2) is 0 Å². The van der Waals surface area contributed by atoms with E-state index in [1.54, 1.807) is 18.2 Å². The van der Waals surface area contributed by atoms with Gasteiger partial charge in [0.25, 0.3) is 5.91 Å². The van der Waals surface area contributed by atoms with Gasteiger partial charge in [-0.1, -0.05) is 53.5 Å². The largest absolute Gasteiger partial charge is 0.454 e. The molecule has 35 heavy (non-hydrogen) atoms. The second-order valence-electron chi connectivity index (χ2n) is 8.02. The standard InChI is InChI=1S/C27H19Cl2N3O3/c28-22-7-5-18(9-23(22)29)14-32-15-20(21-3-1-2-4-24(21)32)11-19(12-30)27(33)31-13-17-6-8-25-26(10-17)35-16-34-25/h1-11,15H,13-14,16H2,(H,31,33)/b19-11+. The number of benzene rings is 3. The molecule has 5 rings (SSSR count). The Morgan fingerprint density at radius 3 is 2.66 bits per heavy atom. The van der Waals surface area contributed by atoms with E-state index in [2.05, 4.69) is 9.88 Å². The summed E-state index contributed by atoms with van der Waals surface area (Å²) in [6.07, 6.45) is 3.54. The predicted molar refractivity (Wildman–Crippen MR) is 136 cm³/mol. The Kier molecular flexibility index (Phi) is 6.37. The minimum atomic E-state index is -0.452. The highest BCUT2D eigenvalue weighted by molar-refractivity contribution is 6.42. The average Bonchev–Trinajstić information content (AvgIpc) is 3.47. The Morgan fingerprint density at radius 1 is 1.03 bits per heavy atom. The Balaban J connectivity index is 1.38. The highest BCUT2D eigenvalue weighted by Gasteiger charge is 2.15. The third kappa shape index (κ3) is 4.83. The van der Waals surface area contributed by atoms with Crippen LogP contribution >= 0.6 is 23.2 Å². The lowest BCUT2D eigenvalue weighted by molar-refractivity contribution is -0.117. The van der Waals surface area contributed by atoms with Crippen LogP contribution in [0.5, 0.6) is 11.5 Å². The average molecular weight is 504 g/mol. The molecular formula is C27H19Cl2N3O3. The fourth-order valence-electron chi connectivity index (χ4n) is 3.99. The molecule has 0 saturated heterocycles. The van der Waals surface area contributed by atoms with Crippen molar-refractivity contribution in [1.29, 1.82) is 5.26 Å². The van der Waals surface area contributed by atoms with Crippen LogP contribution in [-0.2, 0) is 17.9 Å². The number of para-hydroxylation sites is 1. The van der Waals surface area contributed by atoms with Gasteiger partial charge in [-0.3, -0.25) is 4.79 Å². The minimum Gasteiger partial charge on any atom is -0.454 e. The lowest BCUT2D eigenvalue weighted by Gasteiger charge is -2.07. The monoisotopic (exact) mass is 503 g/mol. The summed E-state index contributed by atoms with van der Waals surface area (Å²) in [7, 11) is 0. The first-order valence-electron chi connectivity index (χ1n) is 10.8. The molecule has 1 aromatic heterocycles. The summed E-state index contributed by atoms with van der Waals surface area (Å²) >= 11 is 12.2. The van der Waals surface area contributed by atoms with Crippen LogP contribution in [0.3, 0.4) is 0 Å². The lowest BCUT2D eigenvalue weighted by atomic mass is 10.1. The topological polar surface area (TPSA) is 76.3 Å². The van der Waals surface area contributed by atoms with E-state index in [-0.39, 0.29) is 18.9 Å². The molecule has 2 heterocycles. The molecule has 1 aliphatic heterocycles. The number of hydrogen-bond donors (Lipinski definition) is 1. The molecule has 0 bridgehead atoms. The van der Waals surface area contributed by atoms with Crippen molar-refractivity contribution in [2.45, 2.75) is 13.1 Å². The molecule has 174 valence electrons. The number of carbonyl (C=O) groups is 1. The van der Waals surface area contributed by atoms with E-state index in [0.717, 1.165) is 27.6 Å². The summed E-state index contributed by atoms with van der Waals surface area (Å²) in [6, 6.07) is 20.8. The van der Waals surface area contributed by atoms with Gasteiger partial charge in [0.1, 0.15) is 11.6 Å². The number of ether oxygens (including phenoxy) is 2. The summed E-state index contributed by atoms with van der Waals surface area (Å²) in [5.41, 5.74) is 3.59. The van der Waals surface area contributed by atoms with Gasteiger partial charge in [0, 0.05) is 35.8 Å². The van der Waals surface area contributed by atoms with E-state index >= 15 is 0 Å². The number of nitrogens with zero attached hydrogens (tertiary/aromatic N) is 2. The molecular weight excluding hydrogens is 485 g/mol. The van der Waals surface area contributed by atoms with E-state index in [4.69, 9.17) is 32.7 Å². The molecule has 0 atom stereocenters. The van der Waals surface area contributed by atoms with Crippen molar-refractivity contribution in [3.63, 3.8) is 0 Å². The highest BCUT2D eigenvalue weighted by atomic mass is 35.5. The molecule has 6 nitrogen and oxygen atoms in total. The van der Waals surface area contributed by atoms with Crippen molar-refractivity contribution in [3.05, 3.63) is 99.2 Å². The first kappa shape index (κ1) is 22.9. The van der Waals surface area contributed by atoms with Gasteiger partial charge in [-0.05, 0) is 47.5 Å². The molecule has 0 radical (unpaired) electrons. The third-order valence-electron chi connectivity index (χ3n) is 5.71. The summed E-state index contributed by atoms with van der Waals surface area (Å²) in [4.78, 5) is 12.8. The number of fused-ring (bicyclic) bond motifs is 2. The number of hydrogen-bond acceptors (Lipinski definition) is 4. The van der Waals surface area contributed by atoms with Crippen molar-refractivity contribution in [1.82, 2.24) is 9.88 Å². The van der Waals surface area contributed by atoms with Crippen LogP contribution in [0.4, 0.5) is 0 Å². The van der Waals surface area contributed by atoms with Gasteiger partial charge in [-0.2, -0.15) is 5.26 Å². The number of aromatic nitrogens is 1. The second kappa shape index (κ2) is 9.75. The number of rotatable bonds is 6. The zero-order valence-corrected chi connectivity index (χ0v) is 19.9. The van der Waals surface area contributed by atoms with Crippen LogP contribution in [0.25, 0.3) is 17.0 Å². The molecule has 1 aliphatic rings. The Labute approximate surface area is 211 Å². The lowest BCUT2D eigenvalue weighted by Crippen LogP contribution is -2.23. The predicted octanol–water partition coefficient (Wildman–Crippen LogP) is 5.95. The van der Waals surface area contributed by atoms with Crippen LogP contribution in [0.15, 0.2) is 72.4 Å². The summed E-state index contributed by atoms with van der Waals surface area (Å²) in [6.45, 7) is 1.00.